The van der Waals surface area contributed by atoms with E-state index in [0.717, 1.165) is 16.5 Å². The average molecular weight is 538 g/mol. The van der Waals surface area contributed by atoms with Crippen molar-refractivity contribution in [3.05, 3.63) is 118 Å². The molecule has 39 heavy (non-hydrogen) atoms. The number of fused-ring (bicyclic) bond motifs is 1. The van der Waals surface area contributed by atoms with Crippen molar-refractivity contribution < 1.29 is 23.8 Å². The molecule has 0 atom stereocenters. The Morgan fingerprint density at radius 2 is 1.79 bits per heavy atom. The quantitative estimate of drug-likeness (QED) is 0.109. The predicted octanol–water partition coefficient (Wildman–Crippen LogP) is 5.87. The number of hydrogen-bond donors (Lipinski definition) is 1. The molecule has 2 aromatic heterocycles. The molecule has 0 aliphatic heterocycles. The molecule has 0 fully saturated rings. The normalized spacial score (nSPS) is 10.9. The van der Waals surface area contributed by atoms with E-state index >= 15 is 0 Å². The minimum absolute atomic E-state index is 0.290. The molecule has 9 heteroatoms. The van der Waals surface area contributed by atoms with E-state index < -0.39 is 5.97 Å². The molecule has 2 heterocycles. The van der Waals surface area contributed by atoms with Crippen molar-refractivity contribution in [1.29, 1.82) is 0 Å². The molecule has 0 saturated carbocycles. The van der Waals surface area contributed by atoms with Gasteiger partial charge < -0.3 is 14.2 Å². The largest absolute Gasteiger partial charge is 0.493 e. The zero-order valence-corrected chi connectivity index (χ0v) is 21.7. The molecule has 5 aromatic rings. The van der Waals surface area contributed by atoms with Gasteiger partial charge in [0.1, 0.15) is 22.8 Å². The zero-order valence-electron chi connectivity index (χ0n) is 20.9. The lowest BCUT2D eigenvalue weighted by atomic mass is 10.1. The first-order valence-corrected chi connectivity index (χ1v) is 12.8. The smallest absolute Gasteiger partial charge is 0.353 e. The van der Waals surface area contributed by atoms with E-state index in [1.165, 1.54) is 24.7 Å². The van der Waals surface area contributed by atoms with Crippen LogP contribution in [0, 0.1) is 0 Å². The number of aromatic nitrogens is 1. The maximum atomic E-state index is 12.5. The van der Waals surface area contributed by atoms with Crippen LogP contribution in [0.25, 0.3) is 10.9 Å². The van der Waals surface area contributed by atoms with Gasteiger partial charge in [-0.2, -0.15) is 5.10 Å². The zero-order chi connectivity index (χ0) is 27.0. The highest BCUT2D eigenvalue weighted by atomic mass is 32.1. The van der Waals surface area contributed by atoms with E-state index in [2.05, 4.69) is 15.5 Å². The number of nitrogens with zero attached hydrogens (tertiary/aromatic N) is 2. The molecule has 1 N–H and O–H groups in total. The molecule has 0 bridgehead atoms. The number of nitrogens with one attached hydrogen (secondary N) is 1. The molecule has 5 rings (SSSR count). The fraction of sp³-hybridized carbons (Fsp3) is 0.0667. The standard InChI is InChI=1S/C30H23N3O5S/c1-36-26-17-21(11-14-24(26)38-30(35)27-8-4-16-39-27)18-32-33-29(34)23-12-9-20(10-13-23)19-37-25-7-2-5-22-6-3-15-31-28(22)25/h2-18H,19H2,1H3,(H,33,34)/b32-18+. The fourth-order valence-corrected chi connectivity index (χ4v) is 4.33. The van der Waals surface area contributed by atoms with Crippen LogP contribution in [0.15, 0.2) is 102 Å². The number of carbonyl (C=O) groups excluding carboxylic acids is 2. The van der Waals surface area contributed by atoms with Gasteiger partial charge in [0.25, 0.3) is 5.91 Å². The number of ether oxygens (including phenoxy) is 3. The van der Waals surface area contributed by atoms with Gasteiger partial charge in [-0.3, -0.25) is 9.78 Å². The van der Waals surface area contributed by atoms with Crippen molar-refractivity contribution in [1.82, 2.24) is 10.4 Å². The van der Waals surface area contributed by atoms with Gasteiger partial charge in [0, 0.05) is 17.1 Å². The Bertz CT molecular complexity index is 1630. The predicted molar refractivity (Wildman–Crippen MR) is 150 cm³/mol. The summed E-state index contributed by atoms with van der Waals surface area (Å²) in [6.45, 7) is 0.343. The van der Waals surface area contributed by atoms with Crippen molar-refractivity contribution >= 4 is 40.3 Å². The van der Waals surface area contributed by atoms with Crippen LogP contribution in [-0.2, 0) is 6.61 Å². The molecule has 1 amide bonds. The van der Waals surface area contributed by atoms with Crippen LogP contribution in [0.4, 0.5) is 0 Å². The van der Waals surface area contributed by atoms with Crippen molar-refractivity contribution in [2.45, 2.75) is 6.61 Å². The van der Waals surface area contributed by atoms with Crippen LogP contribution in [0.1, 0.15) is 31.2 Å². The summed E-state index contributed by atoms with van der Waals surface area (Å²) in [6.07, 6.45) is 3.21. The molecule has 194 valence electrons. The summed E-state index contributed by atoms with van der Waals surface area (Å²) < 4.78 is 16.7. The number of hydrogen-bond acceptors (Lipinski definition) is 8. The molecule has 3 aromatic carbocycles. The summed E-state index contributed by atoms with van der Waals surface area (Å²) in [5, 5.41) is 6.84. The number of benzene rings is 3. The number of rotatable bonds is 9. The summed E-state index contributed by atoms with van der Waals surface area (Å²) >= 11 is 1.30. The van der Waals surface area contributed by atoms with Gasteiger partial charge in [0.15, 0.2) is 11.5 Å². The Kier molecular flexibility index (Phi) is 7.89. The van der Waals surface area contributed by atoms with Gasteiger partial charge in [-0.05, 0) is 65.0 Å². The first-order valence-electron chi connectivity index (χ1n) is 11.9. The Balaban J connectivity index is 1.16. The number of carbonyl (C=O) groups is 2. The second-order valence-corrected chi connectivity index (χ2v) is 9.24. The van der Waals surface area contributed by atoms with Crippen molar-refractivity contribution in [3.63, 3.8) is 0 Å². The highest BCUT2D eigenvalue weighted by molar-refractivity contribution is 7.12. The first kappa shape index (κ1) is 25.6. The molecule has 0 spiro atoms. The number of hydrazone groups is 1. The summed E-state index contributed by atoms with van der Waals surface area (Å²) in [6, 6.07) is 25.2. The molecule has 0 saturated heterocycles. The van der Waals surface area contributed by atoms with Gasteiger partial charge in [0.05, 0.1) is 13.3 Å². The molecular formula is C30H23N3O5S. The maximum absolute atomic E-state index is 12.5. The average Bonchev–Trinajstić information content (AvgIpc) is 3.52. The summed E-state index contributed by atoms with van der Waals surface area (Å²) in [7, 11) is 1.48. The summed E-state index contributed by atoms with van der Waals surface area (Å²) in [5.41, 5.74) is 5.34. The molecule has 0 aliphatic rings. The molecular weight excluding hydrogens is 514 g/mol. The van der Waals surface area contributed by atoms with Crippen molar-refractivity contribution in [2.24, 2.45) is 5.10 Å². The van der Waals surface area contributed by atoms with Crippen LogP contribution in [0.2, 0.25) is 0 Å². The third kappa shape index (κ3) is 6.28. The van der Waals surface area contributed by atoms with Gasteiger partial charge in [-0.1, -0.05) is 36.4 Å². The van der Waals surface area contributed by atoms with E-state index in [-0.39, 0.29) is 11.7 Å². The number of pyridine rings is 1. The number of thiophene rings is 1. The molecule has 0 radical (unpaired) electrons. The van der Waals surface area contributed by atoms with Crippen molar-refractivity contribution in [3.8, 4) is 17.2 Å². The summed E-state index contributed by atoms with van der Waals surface area (Å²) in [5.74, 6) is 0.547. The van der Waals surface area contributed by atoms with E-state index in [1.54, 1.807) is 54.0 Å². The first-order chi connectivity index (χ1) is 19.1. The monoisotopic (exact) mass is 537 g/mol. The number of esters is 1. The van der Waals surface area contributed by atoms with Crippen LogP contribution in [0.5, 0.6) is 17.2 Å². The van der Waals surface area contributed by atoms with Crippen LogP contribution >= 0.6 is 11.3 Å². The van der Waals surface area contributed by atoms with Gasteiger partial charge in [-0.15, -0.1) is 11.3 Å². The number of para-hydroxylation sites is 1. The lowest BCUT2D eigenvalue weighted by Gasteiger charge is -2.09. The van der Waals surface area contributed by atoms with Crippen molar-refractivity contribution in [2.75, 3.05) is 7.11 Å². The van der Waals surface area contributed by atoms with Gasteiger partial charge in [0.2, 0.25) is 0 Å². The second kappa shape index (κ2) is 12.0. The lowest BCUT2D eigenvalue weighted by Crippen LogP contribution is -2.17. The highest BCUT2D eigenvalue weighted by Crippen LogP contribution is 2.29. The Morgan fingerprint density at radius 3 is 2.59 bits per heavy atom. The van der Waals surface area contributed by atoms with E-state index in [4.69, 9.17) is 14.2 Å². The Labute approximate surface area is 228 Å². The second-order valence-electron chi connectivity index (χ2n) is 8.29. The Hall–Kier alpha value is -5.02. The third-order valence-corrected chi connectivity index (χ3v) is 6.55. The molecule has 8 nitrogen and oxygen atoms in total. The topological polar surface area (TPSA) is 99.1 Å². The lowest BCUT2D eigenvalue weighted by molar-refractivity contribution is 0.0734. The van der Waals surface area contributed by atoms with Crippen LogP contribution in [0.3, 0.4) is 0 Å². The van der Waals surface area contributed by atoms with Gasteiger partial charge >= 0.3 is 5.97 Å². The third-order valence-electron chi connectivity index (χ3n) is 5.70. The van der Waals surface area contributed by atoms with E-state index in [0.29, 0.717) is 34.1 Å². The Morgan fingerprint density at radius 1 is 0.949 bits per heavy atom. The maximum Gasteiger partial charge on any atom is 0.353 e. The minimum Gasteiger partial charge on any atom is -0.493 e. The summed E-state index contributed by atoms with van der Waals surface area (Å²) in [4.78, 5) is 29.7. The van der Waals surface area contributed by atoms with Gasteiger partial charge in [-0.25, -0.2) is 10.2 Å². The van der Waals surface area contributed by atoms with Crippen LogP contribution < -0.4 is 19.6 Å². The fourth-order valence-electron chi connectivity index (χ4n) is 3.73. The number of methoxy groups -OCH3 is 1. The van der Waals surface area contributed by atoms with E-state index in [1.807, 2.05) is 42.5 Å². The molecule has 0 aliphatic carbocycles. The molecule has 0 unspecified atom stereocenters. The van der Waals surface area contributed by atoms with E-state index in [9.17, 15) is 9.59 Å². The van der Waals surface area contributed by atoms with Crippen LogP contribution in [-0.4, -0.2) is 30.2 Å². The highest BCUT2D eigenvalue weighted by Gasteiger charge is 2.13. The minimum atomic E-state index is -0.458. The number of amides is 1. The SMILES string of the molecule is COc1cc(/C=N/NC(=O)c2ccc(COc3cccc4cccnc34)cc2)ccc1OC(=O)c1cccs1.